The number of methoxy groups -OCH3 is 1. The summed E-state index contributed by atoms with van der Waals surface area (Å²) in [5, 5.41) is 3.32. The third-order valence-corrected chi connectivity index (χ3v) is 3.56. The highest BCUT2D eigenvalue weighted by Gasteiger charge is 2.21. The molecule has 18 heavy (non-hydrogen) atoms. The normalized spacial score (nSPS) is 24.2. The van der Waals surface area contributed by atoms with E-state index < -0.39 is 11.6 Å². The summed E-state index contributed by atoms with van der Waals surface area (Å²) in [4.78, 5) is 0. The van der Waals surface area contributed by atoms with Gasteiger partial charge in [-0.15, -0.1) is 0 Å². The summed E-state index contributed by atoms with van der Waals surface area (Å²) in [5.74, 6) is -1.02. The van der Waals surface area contributed by atoms with Gasteiger partial charge in [0.25, 0.3) is 0 Å². The second-order valence-electron chi connectivity index (χ2n) is 4.84. The predicted molar refractivity (Wildman–Crippen MR) is 66.3 cm³/mol. The maximum absolute atomic E-state index is 13.4. The second-order valence-corrected chi connectivity index (χ2v) is 4.84. The second kappa shape index (κ2) is 6.25. The quantitative estimate of drug-likeness (QED) is 0.893. The van der Waals surface area contributed by atoms with Crippen LogP contribution in [0.5, 0.6) is 0 Å². The zero-order valence-electron chi connectivity index (χ0n) is 10.6. The van der Waals surface area contributed by atoms with Gasteiger partial charge in [-0.1, -0.05) is 6.07 Å². The summed E-state index contributed by atoms with van der Waals surface area (Å²) in [6, 6.07) is 4.07. The van der Waals surface area contributed by atoms with Crippen molar-refractivity contribution in [3.05, 3.63) is 35.4 Å². The third-order valence-electron chi connectivity index (χ3n) is 3.56. The predicted octanol–water partition coefficient (Wildman–Crippen LogP) is 3.01. The van der Waals surface area contributed by atoms with Crippen LogP contribution in [-0.4, -0.2) is 19.3 Å². The van der Waals surface area contributed by atoms with E-state index in [9.17, 15) is 8.78 Å². The maximum Gasteiger partial charge on any atom is 0.130 e. The van der Waals surface area contributed by atoms with Crippen LogP contribution in [0.4, 0.5) is 8.78 Å². The SMILES string of the molecule is COC1CCCC(NCc2ccc(F)cc2F)C1. The number of nitrogens with one attached hydrogen (secondary N) is 1. The lowest BCUT2D eigenvalue weighted by Gasteiger charge is -2.29. The first kappa shape index (κ1) is 13.4. The lowest BCUT2D eigenvalue weighted by molar-refractivity contribution is 0.0586. The Morgan fingerprint density at radius 3 is 2.89 bits per heavy atom. The van der Waals surface area contributed by atoms with E-state index in [-0.39, 0.29) is 0 Å². The molecule has 1 fully saturated rings. The van der Waals surface area contributed by atoms with Crippen molar-refractivity contribution >= 4 is 0 Å². The van der Waals surface area contributed by atoms with Crippen LogP contribution < -0.4 is 5.32 Å². The molecule has 1 aromatic rings. The van der Waals surface area contributed by atoms with Crippen LogP contribution in [0.2, 0.25) is 0 Å². The van der Waals surface area contributed by atoms with Gasteiger partial charge in [-0.25, -0.2) is 8.78 Å². The molecule has 0 radical (unpaired) electrons. The van der Waals surface area contributed by atoms with Gasteiger partial charge < -0.3 is 10.1 Å². The van der Waals surface area contributed by atoms with Crippen molar-refractivity contribution < 1.29 is 13.5 Å². The number of hydrogen-bond acceptors (Lipinski definition) is 2. The fourth-order valence-electron chi connectivity index (χ4n) is 2.46. The lowest BCUT2D eigenvalue weighted by Crippen LogP contribution is -2.36. The Labute approximate surface area is 106 Å². The minimum atomic E-state index is -0.534. The molecule has 0 amide bonds. The Morgan fingerprint density at radius 1 is 1.33 bits per heavy atom. The number of halogens is 2. The first-order valence-corrected chi connectivity index (χ1v) is 6.39. The number of rotatable bonds is 4. The Kier molecular flexibility index (Phi) is 4.66. The van der Waals surface area contributed by atoms with E-state index in [1.165, 1.54) is 12.1 Å². The fourth-order valence-corrected chi connectivity index (χ4v) is 2.46. The summed E-state index contributed by atoms with van der Waals surface area (Å²) < 4.78 is 31.6. The maximum atomic E-state index is 13.4. The van der Waals surface area contributed by atoms with Crippen molar-refractivity contribution in [1.82, 2.24) is 5.32 Å². The monoisotopic (exact) mass is 255 g/mol. The molecule has 0 spiro atoms. The Morgan fingerprint density at radius 2 is 2.17 bits per heavy atom. The van der Waals surface area contributed by atoms with E-state index in [2.05, 4.69) is 5.32 Å². The highest BCUT2D eigenvalue weighted by atomic mass is 19.1. The van der Waals surface area contributed by atoms with E-state index in [0.717, 1.165) is 31.7 Å². The van der Waals surface area contributed by atoms with Crippen LogP contribution in [0.3, 0.4) is 0 Å². The van der Waals surface area contributed by atoms with Gasteiger partial charge in [0.15, 0.2) is 0 Å². The van der Waals surface area contributed by atoms with Gasteiger partial charge in [-0.2, -0.15) is 0 Å². The molecule has 1 N–H and O–H groups in total. The van der Waals surface area contributed by atoms with E-state index in [0.29, 0.717) is 24.3 Å². The number of hydrogen-bond donors (Lipinski definition) is 1. The summed E-state index contributed by atoms with van der Waals surface area (Å²) in [6.07, 6.45) is 4.57. The molecule has 0 saturated heterocycles. The molecule has 4 heteroatoms. The molecule has 1 aliphatic rings. The van der Waals surface area contributed by atoms with Crippen LogP contribution in [0.15, 0.2) is 18.2 Å². The van der Waals surface area contributed by atoms with E-state index in [1.54, 1.807) is 7.11 Å². The van der Waals surface area contributed by atoms with Crippen molar-refractivity contribution in [2.75, 3.05) is 7.11 Å². The third kappa shape index (κ3) is 3.50. The Bertz CT molecular complexity index is 397. The number of benzene rings is 1. The minimum Gasteiger partial charge on any atom is -0.381 e. The molecule has 1 aliphatic carbocycles. The van der Waals surface area contributed by atoms with Crippen molar-refractivity contribution in [3.63, 3.8) is 0 Å². The molecule has 100 valence electrons. The molecule has 0 bridgehead atoms. The molecular formula is C14H19F2NO. The smallest absolute Gasteiger partial charge is 0.130 e. The van der Waals surface area contributed by atoms with Crippen LogP contribution in [0, 0.1) is 11.6 Å². The first-order valence-electron chi connectivity index (χ1n) is 6.39. The highest BCUT2D eigenvalue weighted by Crippen LogP contribution is 2.21. The van der Waals surface area contributed by atoms with Gasteiger partial charge in [0.2, 0.25) is 0 Å². The Hall–Kier alpha value is -1.00. The van der Waals surface area contributed by atoms with E-state index >= 15 is 0 Å². The van der Waals surface area contributed by atoms with Crippen LogP contribution >= 0.6 is 0 Å². The molecule has 1 aromatic carbocycles. The lowest BCUT2D eigenvalue weighted by atomic mass is 9.92. The molecule has 1 saturated carbocycles. The average molecular weight is 255 g/mol. The van der Waals surface area contributed by atoms with Gasteiger partial charge in [0.1, 0.15) is 11.6 Å². The van der Waals surface area contributed by atoms with Gasteiger partial charge in [0, 0.05) is 31.3 Å². The van der Waals surface area contributed by atoms with Crippen molar-refractivity contribution in [2.24, 2.45) is 0 Å². The van der Waals surface area contributed by atoms with Gasteiger partial charge in [0.05, 0.1) is 6.10 Å². The van der Waals surface area contributed by atoms with Crippen molar-refractivity contribution in [1.29, 1.82) is 0 Å². The molecule has 2 unspecified atom stereocenters. The van der Waals surface area contributed by atoms with Crippen LogP contribution in [0.1, 0.15) is 31.2 Å². The van der Waals surface area contributed by atoms with Crippen molar-refractivity contribution in [2.45, 2.75) is 44.4 Å². The van der Waals surface area contributed by atoms with Gasteiger partial charge >= 0.3 is 0 Å². The van der Waals surface area contributed by atoms with E-state index in [4.69, 9.17) is 4.74 Å². The fraction of sp³-hybridized carbons (Fsp3) is 0.571. The molecule has 2 nitrogen and oxygen atoms in total. The zero-order chi connectivity index (χ0) is 13.0. The first-order chi connectivity index (χ1) is 8.69. The molecule has 0 aliphatic heterocycles. The summed E-state index contributed by atoms with van der Waals surface area (Å²) in [7, 11) is 1.73. The molecular weight excluding hydrogens is 236 g/mol. The standard InChI is InChI=1S/C14H19F2NO/c1-18-13-4-2-3-12(8-13)17-9-10-5-6-11(15)7-14(10)16/h5-7,12-13,17H,2-4,8-9H2,1H3. The summed E-state index contributed by atoms with van der Waals surface area (Å²) in [6.45, 7) is 0.438. The van der Waals surface area contributed by atoms with Crippen LogP contribution in [-0.2, 0) is 11.3 Å². The van der Waals surface area contributed by atoms with Gasteiger partial charge in [-0.05, 0) is 31.7 Å². The number of ether oxygens (including phenoxy) is 1. The van der Waals surface area contributed by atoms with E-state index in [1.807, 2.05) is 0 Å². The molecule has 2 atom stereocenters. The average Bonchev–Trinajstić information content (AvgIpc) is 2.38. The zero-order valence-corrected chi connectivity index (χ0v) is 10.6. The Balaban J connectivity index is 1.87. The van der Waals surface area contributed by atoms with Crippen molar-refractivity contribution in [3.8, 4) is 0 Å². The minimum absolute atomic E-state index is 0.300. The highest BCUT2D eigenvalue weighted by molar-refractivity contribution is 5.18. The van der Waals surface area contributed by atoms with Gasteiger partial charge in [-0.3, -0.25) is 0 Å². The molecule has 2 rings (SSSR count). The topological polar surface area (TPSA) is 21.3 Å². The van der Waals surface area contributed by atoms with Crippen LogP contribution in [0.25, 0.3) is 0 Å². The largest absolute Gasteiger partial charge is 0.381 e. The molecule has 0 heterocycles. The summed E-state index contributed by atoms with van der Waals surface area (Å²) in [5.41, 5.74) is 0.510. The molecule has 0 aromatic heterocycles. The summed E-state index contributed by atoms with van der Waals surface area (Å²) >= 11 is 0.